The van der Waals surface area contributed by atoms with Gasteiger partial charge in [0.2, 0.25) is 5.91 Å². The highest BCUT2D eigenvalue weighted by Crippen LogP contribution is 2.16. The van der Waals surface area contributed by atoms with Crippen molar-refractivity contribution < 1.29 is 4.79 Å². The van der Waals surface area contributed by atoms with Gasteiger partial charge in [0.25, 0.3) is 0 Å². The average Bonchev–Trinajstić information content (AvgIpc) is 2.56. The number of rotatable bonds is 6. The molecule has 0 saturated heterocycles. The third-order valence-corrected chi connectivity index (χ3v) is 3.48. The number of nitrogens with zero attached hydrogens (tertiary/aromatic N) is 1. The molecule has 4 nitrogen and oxygen atoms in total. The lowest BCUT2D eigenvalue weighted by Crippen LogP contribution is -2.34. The van der Waals surface area contributed by atoms with E-state index in [1.165, 1.54) is 4.88 Å². The zero-order valence-electron chi connectivity index (χ0n) is 11.0. The summed E-state index contributed by atoms with van der Waals surface area (Å²) in [6.45, 7) is 10.1. The normalized spacial score (nSPS) is 10.9. The van der Waals surface area contributed by atoms with Crippen molar-refractivity contribution in [3.63, 3.8) is 0 Å². The van der Waals surface area contributed by atoms with Gasteiger partial charge < -0.3 is 10.6 Å². The smallest absolute Gasteiger partial charge is 0.222 e. The van der Waals surface area contributed by atoms with E-state index in [-0.39, 0.29) is 11.8 Å². The third-order valence-electron chi connectivity index (χ3n) is 2.41. The van der Waals surface area contributed by atoms with E-state index in [2.05, 4.69) is 15.6 Å². The molecule has 1 amide bonds. The molecule has 0 aliphatic heterocycles. The van der Waals surface area contributed by atoms with E-state index in [0.29, 0.717) is 6.54 Å². The monoisotopic (exact) mass is 255 g/mol. The summed E-state index contributed by atoms with van der Waals surface area (Å²) < 4.78 is 0. The molecule has 5 heteroatoms. The van der Waals surface area contributed by atoms with Crippen molar-refractivity contribution in [1.82, 2.24) is 15.6 Å². The average molecular weight is 255 g/mol. The first-order chi connectivity index (χ1) is 8.00. The van der Waals surface area contributed by atoms with Gasteiger partial charge in [0.05, 0.1) is 10.7 Å². The van der Waals surface area contributed by atoms with Crippen molar-refractivity contribution in [1.29, 1.82) is 0 Å². The topological polar surface area (TPSA) is 54.0 Å². The van der Waals surface area contributed by atoms with Gasteiger partial charge in [-0.3, -0.25) is 4.79 Å². The number of nitrogens with one attached hydrogen (secondary N) is 2. The molecule has 0 bridgehead atoms. The highest BCUT2D eigenvalue weighted by atomic mass is 32.1. The van der Waals surface area contributed by atoms with Crippen LogP contribution >= 0.6 is 11.3 Å². The molecule has 1 aromatic rings. The van der Waals surface area contributed by atoms with Crippen molar-refractivity contribution in [2.45, 2.75) is 34.2 Å². The van der Waals surface area contributed by atoms with Gasteiger partial charge in [-0.2, -0.15) is 0 Å². The van der Waals surface area contributed by atoms with Gasteiger partial charge in [0.15, 0.2) is 0 Å². The first kappa shape index (κ1) is 14.1. The highest BCUT2D eigenvalue weighted by Gasteiger charge is 2.06. The molecular formula is C12H21N3OS. The number of hydrogen-bond acceptors (Lipinski definition) is 4. The number of aromatic nitrogens is 1. The summed E-state index contributed by atoms with van der Waals surface area (Å²) in [6.07, 6.45) is 0. The SMILES string of the molecule is Cc1nc(C)c(CNCCNC(=O)C(C)C)s1. The van der Waals surface area contributed by atoms with Crippen molar-refractivity contribution in [2.24, 2.45) is 5.92 Å². The Bertz CT molecular complexity index is 374. The first-order valence-electron chi connectivity index (χ1n) is 5.92. The summed E-state index contributed by atoms with van der Waals surface area (Å²) in [5.41, 5.74) is 1.10. The summed E-state index contributed by atoms with van der Waals surface area (Å²) in [4.78, 5) is 16.9. The molecule has 0 aliphatic rings. The minimum absolute atomic E-state index is 0.0568. The van der Waals surface area contributed by atoms with Gasteiger partial charge in [-0.1, -0.05) is 13.8 Å². The minimum atomic E-state index is 0.0568. The number of amides is 1. The third kappa shape index (κ3) is 4.83. The van der Waals surface area contributed by atoms with Gasteiger partial charge in [0.1, 0.15) is 0 Å². The molecule has 0 saturated carbocycles. The number of carbonyl (C=O) groups is 1. The van der Waals surface area contributed by atoms with Crippen molar-refractivity contribution in [2.75, 3.05) is 13.1 Å². The van der Waals surface area contributed by atoms with Crippen molar-refractivity contribution >= 4 is 17.2 Å². The zero-order valence-corrected chi connectivity index (χ0v) is 11.8. The molecule has 2 N–H and O–H groups in total. The van der Waals surface area contributed by atoms with Crippen LogP contribution < -0.4 is 10.6 Å². The maximum Gasteiger partial charge on any atom is 0.222 e. The minimum Gasteiger partial charge on any atom is -0.355 e. The Kier molecular flexibility index (Phi) is 5.58. The fourth-order valence-electron chi connectivity index (χ4n) is 1.42. The van der Waals surface area contributed by atoms with E-state index < -0.39 is 0 Å². The number of thiazole rings is 1. The molecule has 0 unspecified atom stereocenters. The summed E-state index contributed by atoms with van der Waals surface area (Å²) in [5.74, 6) is 0.165. The summed E-state index contributed by atoms with van der Waals surface area (Å²) >= 11 is 1.72. The van der Waals surface area contributed by atoms with Gasteiger partial charge in [-0.15, -0.1) is 11.3 Å². The highest BCUT2D eigenvalue weighted by molar-refractivity contribution is 7.11. The van der Waals surface area contributed by atoms with Crippen molar-refractivity contribution in [3.8, 4) is 0 Å². The van der Waals surface area contributed by atoms with Crippen molar-refractivity contribution in [3.05, 3.63) is 15.6 Å². The molecule has 0 aliphatic carbocycles. The zero-order chi connectivity index (χ0) is 12.8. The number of aryl methyl sites for hydroxylation is 2. The quantitative estimate of drug-likeness (QED) is 0.760. The molecule has 0 spiro atoms. The Hall–Kier alpha value is -0.940. The summed E-state index contributed by atoms with van der Waals surface area (Å²) in [5, 5.41) is 7.28. The van der Waals surface area contributed by atoms with Gasteiger partial charge in [-0.25, -0.2) is 4.98 Å². The lowest BCUT2D eigenvalue weighted by molar-refractivity contribution is -0.123. The lowest BCUT2D eigenvalue weighted by Gasteiger charge is -2.08. The van der Waals surface area contributed by atoms with Gasteiger partial charge >= 0.3 is 0 Å². The Morgan fingerprint density at radius 2 is 2.06 bits per heavy atom. The van der Waals surface area contributed by atoms with Crippen LogP contribution in [0.25, 0.3) is 0 Å². The van der Waals surface area contributed by atoms with E-state index in [1.54, 1.807) is 11.3 Å². The number of hydrogen-bond donors (Lipinski definition) is 2. The second kappa shape index (κ2) is 6.71. The lowest BCUT2D eigenvalue weighted by atomic mass is 10.2. The fraction of sp³-hybridized carbons (Fsp3) is 0.667. The molecule has 1 aromatic heterocycles. The van der Waals surface area contributed by atoms with Crippen LogP contribution in [0.4, 0.5) is 0 Å². The molecule has 0 fully saturated rings. The van der Waals surface area contributed by atoms with Gasteiger partial charge in [0, 0.05) is 30.4 Å². The molecule has 96 valence electrons. The Morgan fingerprint density at radius 1 is 1.35 bits per heavy atom. The molecule has 17 heavy (non-hydrogen) atoms. The Balaban J connectivity index is 2.17. The van der Waals surface area contributed by atoms with Crippen LogP contribution in [0.5, 0.6) is 0 Å². The van der Waals surface area contributed by atoms with E-state index in [0.717, 1.165) is 23.8 Å². The summed E-state index contributed by atoms with van der Waals surface area (Å²) in [6, 6.07) is 0. The number of carbonyl (C=O) groups excluding carboxylic acids is 1. The predicted octanol–water partition coefficient (Wildman–Crippen LogP) is 1.62. The molecule has 0 aromatic carbocycles. The second-order valence-corrected chi connectivity index (χ2v) is 5.65. The van der Waals surface area contributed by atoms with Crippen LogP contribution in [-0.4, -0.2) is 24.0 Å². The molecule has 1 rings (SSSR count). The maximum absolute atomic E-state index is 11.3. The van der Waals surface area contributed by atoms with E-state index in [1.807, 2.05) is 27.7 Å². The molecule has 0 atom stereocenters. The predicted molar refractivity (Wildman–Crippen MR) is 71.1 cm³/mol. The van der Waals surface area contributed by atoms with Gasteiger partial charge in [-0.05, 0) is 13.8 Å². The van der Waals surface area contributed by atoms with Crippen LogP contribution in [0.15, 0.2) is 0 Å². The van der Waals surface area contributed by atoms with E-state index >= 15 is 0 Å². The summed E-state index contributed by atoms with van der Waals surface area (Å²) in [7, 11) is 0. The Morgan fingerprint density at radius 3 is 2.59 bits per heavy atom. The maximum atomic E-state index is 11.3. The largest absolute Gasteiger partial charge is 0.355 e. The second-order valence-electron chi connectivity index (χ2n) is 4.36. The van der Waals surface area contributed by atoms with Crippen LogP contribution in [0, 0.1) is 19.8 Å². The standard InChI is InChI=1S/C12H21N3OS/c1-8(2)12(16)14-6-5-13-7-11-9(3)15-10(4)17-11/h8,13H,5-7H2,1-4H3,(H,14,16). The molecule has 1 heterocycles. The van der Waals surface area contributed by atoms with Crippen LogP contribution in [-0.2, 0) is 11.3 Å². The molecular weight excluding hydrogens is 234 g/mol. The Labute approximate surface area is 107 Å². The van der Waals surface area contributed by atoms with Crippen LogP contribution in [0.2, 0.25) is 0 Å². The van der Waals surface area contributed by atoms with E-state index in [9.17, 15) is 4.79 Å². The first-order valence-corrected chi connectivity index (χ1v) is 6.73. The van der Waals surface area contributed by atoms with Crippen LogP contribution in [0.3, 0.4) is 0 Å². The van der Waals surface area contributed by atoms with Crippen LogP contribution in [0.1, 0.15) is 29.4 Å². The molecule has 0 radical (unpaired) electrons. The van der Waals surface area contributed by atoms with E-state index in [4.69, 9.17) is 0 Å². The fourth-order valence-corrected chi connectivity index (χ4v) is 2.32.